The zero-order chi connectivity index (χ0) is 21.8. The number of piperidine rings is 1. The number of carbonyl (C=O) groups excluding carboxylic acids is 2. The van der Waals surface area contributed by atoms with Crippen molar-refractivity contribution in [2.45, 2.75) is 18.9 Å². The van der Waals surface area contributed by atoms with Gasteiger partial charge in [0.05, 0.1) is 0 Å². The molecule has 0 aliphatic carbocycles. The van der Waals surface area contributed by atoms with Crippen molar-refractivity contribution < 1.29 is 14.0 Å². The van der Waals surface area contributed by atoms with Gasteiger partial charge < -0.3 is 21.3 Å². The minimum absolute atomic E-state index is 0.114. The lowest BCUT2D eigenvalue weighted by Gasteiger charge is -2.32. The van der Waals surface area contributed by atoms with Gasteiger partial charge in [0.15, 0.2) is 5.13 Å². The maximum absolute atomic E-state index is 13.4. The Labute approximate surface area is 183 Å². The minimum Gasteiger partial charge on any atom is -0.382 e. The average Bonchev–Trinajstić information content (AvgIpc) is 3.14. The molecule has 1 aromatic heterocycles. The quantitative estimate of drug-likeness (QED) is 0.517. The minimum atomic E-state index is -0.477. The molecule has 1 aliphatic rings. The summed E-state index contributed by atoms with van der Waals surface area (Å²) in [5, 5.41) is 6.75. The van der Waals surface area contributed by atoms with E-state index >= 15 is 0 Å². The largest absolute Gasteiger partial charge is 0.382 e. The Morgan fingerprint density at radius 1 is 1.10 bits per heavy atom. The van der Waals surface area contributed by atoms with Gasteiger partial charge in [-0.05, 0) is 37.1 Å². The van der Waals surface area contributed by atoms with Crippen molar-refractivity contribution in [2.75, 3.05) is 29.5 Å². The van der Waals surface area contributed by atoms with E-state index in [9.17, 15) is 14.0 Å². The van der Waals surface area contributed by atoms with Crippen LogP contribution in [0.25, 0.3) is 0 Å². The number of rotatable bonds is 5. The SMILES string of the molecule is Nc1nc(NC2CCN(C(=O)Nc3ccccc3)CC2)sc1C(=O)c1cccc(F)c1. The van der Waals surface area contributed by atoms with Gasteiger partial charge in [0, 0.05) is 30.4 Å². The molecule has 1 saturated heterocycles. The number of nitrogens with one attached hydrogen (secondary N) is 2. The van der Waals surface area contributed by atoms with Crippen LogP contribution in [-0.2, 0) is 0 Å². The summed E-state index contributed by atoms with van der Waals surface area (Å²) in [4.78, 5) is 31.4. The molecular weight excluding hydrogens is 417 g/mol. The number of benzene rings is 2. The number of likely N-dealkylation sites (tertiary alicyclic amines) is 1. The van der Waals surface area contributed by atoms with Crippen LogP contribution in [0.1, 0.15) is 28.1 Å². The van der Waals surface area contributed by atoms with E-state index in [4.69, 9.17) is 5.73 Å². The molecular formula is C22H22FN5O2S. The molecule has 31 heavy (non-hydrogen) atoms. The molecule has 9 heteroatoms. The van der Waals surface area contributed by atoms with Gasteiger partial charge in [0.2, 0.25) is 5.78 Å². The van der Waals surface area contributed by atoms with Crippen LogP contribution in [-0.4, -0.2) is 40.8 Å². The van der Waals surface area contributed by atoms with E-state index < -0.39 is 5.82 Å². The first-order valence-corrected chi connectivity index (χ1v) is 10.8. The monoisotopic (exact) mass is 439 g/mol. The van der Waals surface area contributed by atoms with E-state index in [-0.39, 0.29) is 34.1 Å². The highest BCUT2D eigenvalue weighted by Gasteiger charge is 2.25. The van der Waals surface area contributed by atoms with Crippen LogP contribution < -0.4 is 16.4 Å². The second-order valence-corrected chi connectivity index (χ2v) is 8.27. The number of anilines is 3. The molecule has 2 heterocycles. The molecule has 3 aromatic rings. The molecule has 0 saturated carbocycles. The number of urea groups is 1. The van der Waals surface area contributed by atoms with Crippen LogP contribution in [0.15, 0.2) is 54.6 Å². The fourth-order valence-corrected chi connectivity index (χ4v) is 4.37. The van der Waals surface area contributed by atoms with Gasteiger partial charge in [-0.2, -0.15) is 0 Å². The highest BCUT2D eigenvalue weighted by molar-refractivity contribution is 7.18. The van der Waals surface area contributed by atoms with Gasteiger partial charge in [0.25, 0.3) is 0 Å². The van der Waals surface area contributed by atoms with Crippen molar-refractivity contribution >= 4 is 39.8 Å². The molecule has 2 aromatic carbocycles. The molecule has 0 spiro atoms. The molecule has 1 aliphatic heterocycles. The third kappa shape index (κ3) is 5.00. The van der Waals surface area contributed by atoms with Crippen LogP contribution in [0.5, 0.6) is 0 Å². The lowest BCUT2D eigenvalue weighted by Crippen LogP contribution is -2.44. The summed E-state index contributed by atoms with van der Waals surface area (Å²) in [6, 6.07) is 14.8. The number of hydrogen-bond acceptors (Lipinski definition) is 6. The summed E-state index contributed by atoms with van der Waals surface area (Å²) in [6.45, 7) is 1.21. The zero-order valence-corrected chi connectivity index (χ0v) is 17.5. The Morgan fingerprint density at radius 3 is 2.55 bits per heavy atom. The molecule has 0 atom stereocenters. The average molecular weight is 440 g/mol. The van der Waals surface area contributed by atoms with Crippen LogP contribution in [0.2, 0.25) is 0 Å². The van der Waals surface area contributed by atoms with Gasteiger partial charge in [-0.25, -0.2) is 14.2 Å². The smallest absolute Gasteiger partial charge is 0.321 e. The molecule has 0 unspecified atom stereocenters. The maximum atomic E-state index is 13.4. The van der Waals surface area contributed by atoms with E-state index in [2.05, 4.69) is 15.6 Å². The predicted octanol–water partition coefficient (Wildman–Crippen LogP) is 4.20. The fraction of sp³-hybridized carbons (Fsp3) is 0.227. The van der Waals surface area contributed by atoms with Crippen molar-refractivity contribution in [3.8, 4) is 0 Å². The molecule has 160 valence electrons. The first kappa shape index (κ1) is 20.8. The Hall–Kier alpha value is -3.46. The van der Waals surface area contributed by atoms with Crippen molar-refractivity contribution in [1.82, 2.24) is 9.88 Å². The maximum Gasteiger partial charge on any atom is 0.321 e. The molecule has 0 radical (unpaired) electrons. The van der Waals surface area contributed by atoms with Crippen molar-refractivity contribution in [1.29, 1.82) is 0 Å². The number of halogens is 1. The highest BCUT2D eigenvalue weighted by Crippen LogP contribution is 2.29. The number of nitrogens with two attached hydrogens (primary N) is 1. The lowest BCUT2D eigenvalue weighted by molar-refractivity contribution is 0.104. The Kier molecular flexibility index (Phi) is 6.13. The summed E-state index contributed by atoms with van der Waals surface area (Å²) >= 11 is 1.16. The summed E-state index contributed by atoms with van der Waals surface area (Å²) in [6.07, 6.45) is 1.49. The lowest BCUT2D eigenvalue weighted by atomic mass is 10.1. The van der Waals surface area contributed by atoms with Crippen LogP contribution in [0.3, 0.4) is 0 Å². The third-order valence-corrected chi connectivity index (χ3v) is 6.08. The summed E-state index contributed by atoms with van der Waals surface area (Å²) in [5.74, 6) is -0.702. The molecule has 1 fully saturated rings. The van der Waals surface area contributed by atoms with E-state index in [1.165, 1.54) is 18.2 Å². The Bertz CT molecular complexity index is 1080. The summed E-state index contributed by atoms with van der Waals surface area (Å²) < 4.78 is 13.4. The van der Waals surface area contributed by atoms with Gasteiger partial charge in [-0.15, -0.1) is 0 Å². The number of para-hydroxylation sites is 1. The second kappa shape index (κ2) is 9.13. The zero-order valence-electron chi connectivity index (χ0n) is 16.7. The number of thiazole rings is 1. The van der Waals surface area contributed by atoms with Gasteiger partial charge in [-0.1, -0.05) is 41.7 Å². The topological polar surface area (TPSA) is 100 Å². The Balaban J connectivity index is 1.33. The van der Waals surface area contributed by atoms with Crippen LogP contribution in [0.4, 0.5) is 25.8 Å². The number of hydrogen-bond donors (Lipinski definition) is 3. The second-order valence-electron chi connectivity index (χ2n) is 7.27. The first-order valence-electron chi connectivity index (χ1n) is 9.93. The number of carbonyl (C=O) groups is 2. The normalized spacial score (nSPS) is 14.3. The number of nitrogens with zero attached hydrogens (tertiary/aromatic N) is 2. The van der Waals surface area contributed by atoms with Crippen molar-refractivity contribution in [2.24, 2.45) is 0 Å². The molecule has 4 rings (SSSR count). The van der Waals surface area contributed by atoms with Crippen molar-refractivity contribution in [3.63, 3.8) is 0 Å². The van der Waals surface area contributed by atoms with Gasteiger partial charge >= 0.3 is 6.03 Å². The van der Waals surface area contributed by atoms with E-state index in [0.29, 0.717) is 18.2 Å². The van der Waals surface area contributed by atoms with Gasteiger partial charge in [-0.3, -0.25) is 4.79 Å². The summed E-state index contributed by atoms with van der Waals surface area (Å²) in [5.41, 5.74) is 6.94. The third-order valence-electron chi connectivity index (χ3n) is 5.08. The molecule has 4 N–H and O–H groups in total. The molecule has 2 amide bonds. The Morgan fingerprint density at radius 2 is 1.84 bits per heavy atom. The summed E-state index contributed by atoms with van der Waals surface area (Å²) in [7, 11) is 0. The van der Waals surface area contributed by atoms with E-state index in [1.807, 2.05) is 30.3 Å². The fourth-order valence-electron chi connectivity index (χ4n) is 3.44. The van der Waals surface area contributed by atoms with Crippen molar-refractivity contribution in [3.05, 3.63) is 70.9 Å². The molecule has 7 nitrogen and oxygen atoms in total. The number of amides is 2. The number of nitrogen functional groups attached to an aromatic ring is 1. The predicted molar refractivity (Wildman–Crippen MR) is 120 cm³/mol. The van der Waals surface area contributed by atoms with Gasteiger partial charge in [0.1, 0.15) is 16.5 Å². The van der Waals surface area contributed by atoms with Crippen LogP contribution >= 0.6 is 11.3 Å². The first-order chi connectivity index (χ1) is 15.0. The van der Waals surface area contributed by atoms with Crippen LogP contribution in [0, 0.1) is 5.82 Å². The number of ketones is 1. The molecule has 0 bridgehead atoms. The standard InChI is InChI=1S/C22H22FN5O2S/c23-15-6-4-5-14(13-15)18(29)19-20(24)27-21(31-19)25-17-9-11-28(12-10-17)22(30)26-16-7-2-1-3-8-16/h1-8,13,17H,9-12,24H2,(H,25,27)(H,26,30). The van der Waals surface area contributed by atoms with E-state index in [1.54, 1.807) is 11.0 Å². The number of aromatic nitrogens is 1. The van der Waals surface area contributed by atoms with E-state index in [0.717, 1.165) is 29.9 Å². The highest BCUT2D eigenvalue weighted by atomic mass is 32.1.